The molecule has 2 N–H and O–H groups in total. The number of amides is 1. The van der Waals surface area contributed by atoms with E-state index < -0.39 is 18.0 Å². The number of hydrogen-bond acceptors (Lipinski definition) is 4. The van der Waals surface area contributed by atoms with Crippen LogP contribution in [0.25, 0.3) is 5.69 Å². The minimum absolute atomic E-state index is 0.329. The minimum Gasteiger partial charge on any atom is -0.444 e. The van der Waals surface area contributed by atoms with E-state index >= 15 is 0 Å². The summed E-state index contributed by atoms with van der Waals surface area (Å²) in [5.41, 5.74) is 8.04. The fourth-order valence-corrected chi connectivity index (χ4v) is 2.47. The van der Waals surface area contributed by atoms with E-state index in [9.17, 15) is 9.59 Å². The van der Waals surface area contributed by atoms with Crippen molar-refractivity contribution in [3.63, 3.8) is 0 Å². The summed E-state index contributed by atoms with van der Waals surface area (Å²) in [7, 11) is 0. The Bertz CT molecular complexity index is 886. The Morgan fingerprint density at radius 2 is 1.72 bits per heavy atom. The molecule has 0 aliphatic carbocycles. The van der Waals surface area contributed by atoms with Crippen LogP contribution in [0.2, 0.25) is 0 Å². The third kappa shape index (κ3) is 3.58. The summed E-state index contributed by atoms with van der Waals surface area (Å²) >= 11 is 0. The van der Waals surface area contributed by atoms with Gasteiger partial charge in [0.05, 0.1) is 11.3 Å². The Kier molecular flexibility index (Phi) is 4.61. The van der Waals surface area contributed by atoms with Crippen molar-refractivity contribution in [2.24, 2.45) is 5.73 Å². The maximum atomic E-state index is 12.3. The highest BCUT2D eigenvalue weighted by molar-refractivity contribution is 5.92. The number of benzene rings is 2. The first kappa shape index (κ1) is 16.4. The number of carbonyl (C=O) groups excluding carboxylic acids is 2. The topological polar surface area (TPSA) is 87.2 Å². The number of primary amides is 1. The average molecular weight is 335 g/mol. The predicted octanol–water partition coefficient (Wildman–Crippen LogP) is 2.56. The van der Waals surface area contributed by atoms with Crippen molar-refractivity contribution in [2.45, 2.75) is 13.0 Å². The lowest BCUT2D eigenvalue weighted by Crippen LogP contribution is -2.26. The van der Waals surface area contributed by atoms with Crippen LogP contribution in [0.3, 0.4) is 0 Å². The van der Waals surface area contributed by atoms with Gasteiger partial charge >= 0.3 is 5.97 Å². The van der Waals surface area contributed by atoms with Gasteiger partial charge in [0.1, 0.15) is 0 Å². The van der Waals surface area contributed by atoms with Crippen LogP contribution in [-0.2, 0) is 9.53 Å². The number of esters is 1. The summed E-state index contributed by atoms with van der Waals surface area (Å²) in [6.45, 7) is 1.94. The normalized spacial score (nSPS) is 11.7. The number of aromatic nitrogens is 2. The lowest BCUT2D eigenvalue weighted by atomic mass is 10.1. The molecule has 0 spiro atoms. The summed E-state index contributed by atoms with van der Waals surface area (Å²) in [5.74, 6) is -1.33. The van der Waals surface area contributed by atoms with E-state index in [4.69, 9.17) is 10.5 Å². The largest absolute Gasteiger partial charge is 0.444 e. The molecule has 0 saturated carbocycles. The third-order valence-corrected chi connectivity index (χ3v) is 3.77. The monoisotopic (exact) mass is 335 g/mol. The third-order valence-electron chi connectivity index (χ3n) is 3.77. The lowest BCUT2D eigenvalue weighted by molar-refractivity contribution is -0.127. The molecular weight excluding hydrogens is 318 g/mol. The molecule has 1 atom stereocenters. The van der Waals surface area contributed by atoms with Gasteiger partial charge in [-0.3, -0.25) is 4.79 Å². The summed E-state index contributed by atoms with van der Waals surface area (Å²) in [4.78, 5) is 24.0. The minimum atomic E-state index is -1.12. The van der Waals surface area contributed by atoms with Crippen molar-refractivity contribution in [1.82, 2.24) is 9.78 Å². The van der Waals surface area contributed by atoms with E-state index in [1.807, 2.05) is 13.0 Å². The molecular formula is C19H17N3O3. The summed E-state index contributed by atoms with van der Waals surface area (Å²) in [6.07, 6.45) is 0.580. The van der Waals surface area contributed by atoms with Crippen molar-refractivity contribution in [1.29, 1.82) is 0 Å². The van der Waals surface area contributed by atoms with Gasteiger partial charge in [0.2, 0.25) is 6.10 Å². The second kappa shape index (κ2) is 7.00. The SMILES string of the molecule is Cc1ccnn1-c1ccc(C(=O)OC(C(N)=O)c2ccccc2)cc1. The Labute approximate surface area is 144 Å². The van der Waals surface area contributed by atoms with Gasteiger partial charge in [0, 0.05) is 17.5 Å². The molecule has 3 rings (SSSR count). The van der Waals surface area contributed by atoms with Gasteiger partial charge in [0.25, 0.3) is 5.91 Å². The van der Waals surface area contributed by atoms with Crippen LogP contribution in [-0.4, -0.2) is 21.7 Å². The highest BCUT2D eigenvalue weighted by atomic mass is 16.5. The fourth-order valence-electron chi connectivity index (χ4n) is 2.47. The molecule has 0 radical (unpaired) electrons. The van der Waals surface area contributed by atoms with Crippen LogP contribution in [0, 0.1) is 6.92 Å². The molecule has 6 heteroatoms. The first-order chi connectivity index (χ1) is 12.1. The number of nitrogens with two attached hydrogens (primary N) is 1. The van der Waals surface area contributed by atoms with E-state index in [2.05, 4.69) is 5.10 Å². The van der Waals surface area contributed by atoms with Crippen LogP contribution in [0.15, 0.2) is 66.9 Å². The first-order valence-electron chi connectivity index (χ1n) is 7.72. The Morgan fingerprint density at radius 1 is 1.04 bits per heavy atom. The van der Waals surface area contributed by atoms with Gasteiger partial charge in [0.15, 0.2) is 0 Å². The zero-order valence-corrected chi connectivity index (χ0v) is 13.6. The van der Waals surface area contributed by atoms with E-state index in [1.54, 1.807) is 65.5 Å². The van der Waals surface area contributed by atoms with Crippen molar-refractivity contribution in [3.05, 3.63) is 83.7 Å². The van der Waals surface area contributed by atoms with Gasteiger partial charge in [-0.2, -0.15) is 5.10 Å². The quantitative estimate of drug-likeness (QED) is 0.726. The highest BCUT2D eigenvalue weighted by Crippen LogP contribution is 2.19. The van der Waals surface area contributed by atoms with Crippen molar-refractivity contribution >= 4 is 11.9 Å². The molecule has 126 valence electrons. The molecule has 25 heavy (non-hydrogen) atoms. The number of aryl methyl sites for hydroxylation is 1. The Balaban J connectivity index is 1.78. The van der Waals surface area contributed by atoms with Crippen LogP contribution < -0.4 is 5.73 Å². The Morgan fingerprint density at radius 3 is 2.28 bits per heavy atom. The fraction of sp³-hybridized carbons (Fsp3) is 0.105. The second-order valence-electron chi connectivity index (χ2n) is 5.53. The molecule has 1 aromatic heterocycles. The zero-order valence-electron chi connectivity index (χ0n) is 13.6. The van der Waals surface area contributed by atoms with Gasteiger partial charge in [-0.25, -0.2) is 9.48 Å². The molecule has 0 aliphatic rings. The van der Waals surface area contributed by atoms with Gasteiger partial charge in [-0.05, 0) is 37.3 Å². The van der Waals surface area contributed by atoms with E-state index in [1.165, 1.54) is 0 Å². The van der Waals surface area contributed by atoms with Crippen molar-refractivity contribution in [3.8, 4) is 5.69 Å². The molecule has 0 aliphatic heterocycles. The summed E-state index contributed by atoms with van der Waals surface area (Å²) < 4.78 is 7.06. The number of rotatable bonds is 5. The summed E-state index contributed by atoms with van der Waals surface area (Å²) in [5, 5.41) is 4.21. The summed E-state index contributed by atoms with van der Waals surface area (Å²) in [6, 6.07) is 17.3. The molecule has 0 fully saturated rings. The zero-order chi connectivity index (χ0) is 17.8. The molecule has 1 unspecified atom stereocenters. The van der Waals surface area contributed by atoms with Crippen molar-refractivity contribution in [2.75, 3.05) is 0 Å². The van der Waals surface area contributed by atoms with Gasteiger partial charge < -0.3 is 10.5 Å². The number of ether oxygens (including phenoxy) is 1. The van der Waals surface area contributed by atoms with Crippen LogP contribution in [0.4, 0.5) is 0 Å². The number of carbonyl (C=O) groups is 2. The second-order valence-corrected chi connectivity index (χ2v) is 5.53. The van der Waals surface area contributed by atoms with Crippen molar-refractivity contribution < 1.29 is 14.3 Å². The molecule has 3 aromatic rings. The molecule has 1 heterocycles. The van der Waals surface area contributed by atoms with E-state index in [-0.39, 0.29) is 0 Å². The molecule has 0 saturated heterocycles. The number of nitrogens with zero attached hydrogens (tertiary/aromatic N) is 2. The average Bonchev–Trinajstić information content (AvgIpc) is 3.06. The van der Waals surface area contributed by atoms with Crippen LogP contribution >= 0.6 is 0 Å². The van der Waals surface area contributed by atoms with E-state index in [0.717, 1.165) is 11.4 Å². The lowest BCUT2D eigenvalue weighted by Gasteiger charge is -2.15. The molecule has 1 amide bonds. The Hall–Kier alpha value is -3.41. The molecule has 6 nitrogen and oxygen atoms in total. The van der Waals surface area contributed by atoms with E-state index in [0.29, 0.717) is 11.1 Å². The highest BCUT2D eigenvalue weighted by Gasteiger charge is 2.23. The molecule has 2 aromatic carbocycles. The van der Waals surface area contributed by atoms with Crippen LogP contribution in [0.1, 0.15) is 27.7 Å². The van der Waals surface area contributed by atoms with Gasteiger partial charge in [-0.1, -0.05) is 30.3 Å². The predicted molar refractivity (Wildman–Crippen MR) is 92.1 cm³/mol. The standard InChI is InChI=1S/C19H17N3O3/c1-13-11-12-21-22(13)16-9-7-15(8-10-16)19(24)25-17(18(20)23)14-5-3-2-4-6-14/h2-12,17H,1H3,(H2,20,23). The smallest absolute Gasteiger partial charge is 0.339 e. The number of hydrogen-bond donors (Lipinski definition) is 1. The molecule has 0 bridgehead atoms. The maximum Gasteiger partial charge on any atom is 0.339 e. The van der Waals surface area contributed by atoms with Crippen LogP contribution in [0.5, 0.6) is 0 Å². The first-order valence-corrected chi connectivity index (χ1v) is 7.72. The maximum absolute atomic E-state index is 12.3. The van der Waals surface area contributed by atoms with Gasteiger partial charge in [-0.15, -0.1) is 0 Å².